The van der Waals surface area contributed by atoms with E-state index in [0.717, 1.165) is 38.5 Å². The largest absolute Gasteiger partial charge is 0.394 e. The Morgan fingerprint density at radius 1 is 0.532 bits per heavy atom. The van der Waals surface area contributed by atoms with Crippen molar-refractivity contribution in [2.45, 2.75) is 307 Å². The Morgan fingerprint density at radius 3 is 1.26 bits per heavy atom. The van der Waals surface area contributed by atoms with Crippen LogP contribution in [0.1, 0.15) is 264 Å². The molecule has 0 aromatic heterocycles. The van der Waals surface area contributed by atoms with E-state index in [9.17, 15) is 30.3 Å². The first-order valence-corrected chi connectivity index (χ1v) is 26.9. The lowest BCUT2D eigenvalue weighted by Gasteiger charge is -2.40. The molecule has 0 aliphatic carbocycles. The molecule has 62 heavy (non-hydrogen) atoms. The van der Waals surface area contributed by atoms with Crippen molar-refractivity contribution >= 4 is 5.91 Å². The third-order valence-corrected chi connectivity index (χ3v) is 13.1. The van der Waals surface area contributed by atoms with Gasteiger partial charge in [-0.1, -0.05) is 251 Å². The van der Waals surface area contributed by atoms with E-state index in [0.29, 0.717) is 6.42 Å². The number of carbonyl (C=O) groups excluding carboxylic acids is 1. The van der Waals surface area contributed by atoms with E-state index in [2.05, 4.69) is 19.2 Å². The molecule has 1 amide bonds. The molecule has 1 aliphatic rings. The van der Waals surface area contributed by atoms with Gasteiger partial charge in [-0.05, 0) is 19.3 Å². The molecule has 0 radical (unpaired) electrons. The zero-order valence-corrected chi connectivity index (χ0v) is 40.6. The maximum atomic E-state index is 13.0. The molecule has 1 aliphatic heterocycles. The first-order chi connectivity index (χ1) is 30.3. The summed E-state index contributed by atoms with van der Waals surface area (Å²) in [5.74, 6) is -0.171. The second-order valence-corrected chi connectivity index (χ2v) is 19.0. The van der Waals surface area contributed by atoms with Gasteiger partial charge in [0.05, 0.1) is 25.4 Å². The van der Waals surface area contributed by atoms with E-state index in [-0.39, 0.29) is 12.5 Å². The van der Waals surface area contributed by atoms with Gasteiger partial charge >= 0.3 is 0 Å². The summed E-state index contributed by atoms with van der Waals surface area (Å²) in [4.78, 5) is 13.0. The lowest BCUT2D eigenvalue weighted by Crippen LogP contribution is -2.60. The van der Waals surface area contributed by atoms with Crippen LogP contribution in [0, 0.1) is 0 Å². The molecule has 0 aromatic rings. The van der Waals surface area contributed by atoms with Crippen molar-refractivity contribution in [1.29, 1.82) is 0 Å². The molecule has 1 heterocycles. The van der Waals surface area contributed by atoms with Gasteiger partial charge in [0.1, 0.15) is 24.4 Å². The number of allylic oxidation sites excluding steroid dienone is 1. The normalized spacial score (nSPS) is 20.3. The SMILES string of the molecule is CCCCCCCCCCCCCCC/C=C/[C@@H](O)[C@H](CO[C@@H]1O[C@H](CO)[C@@H](O)C(O)C1O)NC(=O)CCCCCCCCCCCCCCCCCCCCCCCCCC. The summed E-state index contributed by atoms with van der Waals surface area (Å²) < 4.78 is 11.2. The van der Waals surface area contributed by atoms with Gasteiger partial charge in [-0.3, -0.25) is 4.79 Å². The molecule has 0 bridgehead atoms. The van der Waals surface area contributed by atoms with E-state index in [1.165, 1.54) is 205 Å². The molecule has 6 N–H and O–H groups in total. The first kappa shape index (κ1) is 58.9. The highest BCUT2D eigenvalue weighted by atomic mass is 16.7. The fourth-order valence-corrected chi connectivity index (χ4v) is 8.81. The lowest BCUT2D eigenvalue weighted by atomic mass is 9.99. The van der Waals surface area contributed by atoms with Crippen LogP contribution in [0.4, 0.5) is 0 Å². The highest BCUT2D eigenvalue weighted by Crippen LogP contribution is 2.23. The van der Waals surface area contributed by atoms with Crippen molar-refractivity contribution in [1.82, 2.24) is 5.32 Å². The number of carbonyl (C=O) groups is 1. The van der Waals surface area contributed by atoms with Gasteiger partial charge in [0, 0.05) is 6.42 Å². The Labute approximate surface area is 382 Å². The average Bonchev–Trinajstić information content (AvgIpc) is 3.27. The summed E-state index contributed by atoms with van der Waals surface area (Å²) in [6, 6.07) is -0.799. The van der Waals surface area contributed by atoms with Gasteiger partial charge in [-0.2, -0.15) is 0 Å². The Morgan fingerprint density at radius 2 is 0.887 bits per heavy atom. The second-order valence-electron chi connectivity index (χ2n) is 19.0. The number of rotatable bonds is 46. The van der Waals surface area contributed by atoms with Gasteiger partial charge < -0.3 is 40.3 Å². The third kappa shape index (κ3) is 33.4. The Kier molecular flexibility index (Phi) is 41.6. The number of hydrogen-bond donors (Lipinski definition) is 6. The molecule has 1 rings (SSSR count). The van der Waals surface area contributed by atoms with E-state index < -0.39 is 49.5 Å². The molecule has 9 nitrogen and oxygen atoms in total. The van der Waals surface area contributed by atoms with Gasteiger partial charge in [-0.15, -0.1) is 0 Å². The summed E-state index contributed by atoms with van der Waals surface area (Å²) in [5, 5.41) is 54.4. The lowest BCUT2D eigenvalue weighted by molar-refractivity contribution is -0.302. The molecule has 368 valence electrons. The van der Waals surface area contributed by atoms with Crippen LogP contribution in [0.2, 0.25) is 0 Å². The van der Waals surface area contributed by atoms with Crippen LogP contribution in [0.25, 0.3) is 0 Å². The molecule has 9 heteroatoms. The molecule has 0 saturated carbocycles. The number of aliphatic hydroxyl groups is 5. The quantitative estimate of drug-likeness (QED) is 0.0261. The number of unbranched alkanes of at least 4 members (excludes halogenated alkanes) is 36. The summed E-state index contributed by atoms with van der Waals surface area (Å²) >= 11 is 0. The van der Waals surface area contributed by atoms with E-state index in [4.69, 9.17) is 9.47 Å². The molecule has 0 spiro atoms. The molecule has 1 fully saturated rings. The van der Waals surface area contributed by atoms with Crippen molar-refractivity contribution in [2.24, 2.45) is 0 Å². The number of ether oxygens (including phenoxy) is 2. The fourth-order valence-electron chi connectivity index (χ4n) is 8.81. The summed E-state index contributed by atoms with van der Waals surface area (Å²) in [6.45, 7) is 3.81. The van der Waals surface area contributed by atoms with Gasteiger partial charge in [-0.25, -0.2) is 0 Å². The average molecular weight is 882 g/mol. The predicted molar refractivity (Wildman–Crippen MR) is 258 cm³/mol. The highest BCUT2D eigenvalue weighted by Gasteiger charge is 2.44. The molecule has 1 saturated heterocycles. The van der Waals surface area contributed by atoms with Crippen molar-refractivity contribution < 1.29 is 39.8 Å². The maximum absolute atomic E-state index is 13.0. The standard InChI is InChI=1S/C53H103NO8/c1-3-5-7-9-11-13-15-17-19-20-21-22-23-24-25-26-27-29-31-33-35-37-39-41-43-49(57)54-46(45-61-53-52(60)51(59)50(58)48(44-55)62-53)47(56)42-40-38-36-34-32-30-28-18-16-14-12-10-8-6-4-2/h40,42,46-48,50-53,55-56,58-60H,3-39,41,43-45H2,1-2H3,(H,54,57)/b42-40+/t46-,47+,48+,50+,51?,52?,53+/m0/s1. The Balaban J connectivity index is 2.22. The van der Waals surface area contributed by atoms with Gasteiger partial charge in [0.25, 0.3) is 0 Å². The number of amides is 1. The van der Waals surface area contributed by atoms with E-state index in [1.807, 2.05) is 6.08 Å². The van der Waals surface area contributed by atoms with Crippen LogP contribution in [0.5, 0.6) is 0 Å². The van der Waals surface area contributed by atoms with Crippen LogP contribution in [-0.2, 0) is 14.3 Å². The minimum atomic E-state index is -1.56. The monoisotopic (exact) mass is 882 g/mol. The molecular formula is C53H103NO8. The van der Waals surface area contributed by atoms with Crippen molar-refractivity contribution in [3.05, 3.63) is 12.2 Å². The number of nitrogens with one attached hydrogen (secondary N) is 1. The van der Waals surface area contributed by atoms with E-state index in [1.54, 1.807) is 6.08 Å². The third-order valence-electron chi connectivity index (χ3n) is 13.1. The zero-order chi connectivity index (χ0) is 45.1. The minimum absolute atomic E-state index is 0.171. The molecule has 7 atom stereocenters. The van der Waals surface area contributed by atoms with Crippen LogP contribution in [0.15, 0.2) is 12.2 Å². The van der Waals surface area contributed by atoms with Crippen LogP contribution in [0.3, 0.4) is 0 Å². The zero-order valence-electron chi connectivity index (χ0n) is 40.6. The predicted octanol–water partition coefficient (Wildman–Crippen LogP) is 12.5. The number of aliphatic hydroxyl groups excluding tert-OH is 5. The Bertz CT molecular complexity index is 981. The fraction of sp³-hybridized carbons (Fsp3) is 0.943. The van der Waals surface area contributed by atoms with Crippen LogP contribution < -0.4 is 5.32 Å². The van der Waals surface area contributed by atoms with Crippen molar-refractivity contribution in [2.75, 3.05) is 13.2 Å². The van der Waals surface area contributed by atoms with Crippen molar-refractivity contribution in [3.63, 3.8) is 0 Å². The van der Waals surface area contributed by atoms with Gasteiger partial charge in [0.15, 0.2) is 6.29 Å². The molecule has 0 aromatic carbocycles. The van der Waals surface area contributed by atoms with Crippen LogP contribution >= 0.6 is 0 Å². The maximum Gasteiger partial charge on any atom is 0.220 e. The first-order valence-electron chi connectivity index (χ1n) is 26.9. The van der Waals surface area contributed by atoms with Crippen molar-refractivity contribution in [3.8, 4) is 0 Å². The van der Waals surface area contributed by atoms with E-state index >= 15 is 0 Å². The topological polar surface area (TPSA) is 149 Å². The highest BCUT2D eigenvalue weighted by molar-refractivity contribution is 5.76. The van der Waals surface area contributed by atoms with Gasteiger partial charge in [0.2, 0.25) is 5.91 Å². The summed E-state index contributed by atoms with van der Waals surface area (Å²) in [6.07, 6.45) is 45.5. The number of hydrogen-bond acceptors (Lipinski definition) is 8. The Hall–Kier alpha value is -1.07. The minimum Gasteiger partial charge on any atom is -0.394 e. The second kappa shape index (κ2) is 43.8. The summed E-state index contributed by atoms with van der Waals surface area (Å²) in [7, 11) is 0. The smallest absolute Gasteiger partial charge is 0.220 e. The molecular weight excluding hydrogens is 779 g/mol. The van der Waals surface area contributed by atoms with Crippen LogP contribution in [-0.4, -0.2) is 87.5 Å². The molecule has 2 unspecified atom stereocenters. The summed E-state index contributed by atoms with van der Waals surface area (Å²) in [5.41, 5.74) is 0.